The Morgan fingerprint density at radius 1 is 1.24 bits per heavy atom. The van der Waals surface area contributed by atoms with Crippen molar-refractivity contribution in [2.45, 2.75) is 32.8 Å². The van der Waals surface area contributed by atoms with Gasteiger partial charge in [0.25, 0.3) is 5.91 Å². The topological polar surface area (TPSA) is 89.9 Å². The molecule has 25 heavy (non-hydrogen) atoms. The van der Waals surface area contributed by atoms with Gasteiger partial charge in [-0.1, -0.05) is 50.3 Å². The highest BCUT2D eigenvalue weighted by Gasteiger charge is 2.35. The number of amides is 2. The van der Waals surface area contributed by atoms with Gasteiger partial charge in [-0.2, -0.15) is 0 Å². The molecule has 1 aliphatic heterocycles. The van der Waals surface area contributed by atoms with Crippen LogP contribution in [0, 0.1) is 11.8 Å². The van der Waals surface area contributed by atoms with Crippen molar-refractivity contribution in [1.82, 2.24) is 10.4 Å². The number of hydroxylamine groups is 1. The summed E-state index contributed by atoms with van der Waals surface area (Å²) in [6, 6.07) is 10.0. The summed E-state index contributed by atoms with van der Waals surface area (Å²) in [6.45, 7) is 4.84. The second-order valence-corrected chi connectivity index (χ2v) is 6.79. The molecule has 0 fully saturated rings. The van der Waals surface area contributed by atoms with Crippen molar-refractivity contribution in [3.05, 3.63) is 42.0 Å². The molecule has 6 heteroatoms. The van der Waals surface area contributed by atoms with Crippen LogP contribution >= 0.6 is 0 Å². The summed E-state index contributed by atoms with van der Waals surface area (Å²) in [5.74, 6) is -1.93. The number of aliphatic hydroxyl groups excluding tert-OH is 1. The predicted molar refractivity (Wildman–Crippen MR) is 94.5 cm³/mol. The maximum Gasteiger partial charge on any atom is 0.272 e. The molecule has 1 aromatic carbocycles. The van der Waals surface area contributed by atoms with Gasteiger partial charge in [0.15, 0.2) is 0 Å². The first kappa shape index (κ1) is 19.1. The Morgan fingerprint density at radius 3 is 2.44 bits per heavy atom. The monoisotopic (exact) mass is 346 g/mol. The minimum atomic E-state index is -1.56. The lowest BCUT2D eigenvalue weighted by Gasteiger charge is -2.32. The van der Waals surface area contributed by atoms with E-state index in [4.69, 9.17) is 5.21 Å². The van der Waals surface area contributed by atoms with Crippen molar-refractivity contribution >= 4 is 17.4 Å². The molecule has 1 heterocycles. The van der Waals surface area contributed by atoms with Gasteiger partial charge in [0.05, 0.1) is 5.92 Å². The molecule has 136 valence electrons. The van der Waals surface area contributed by atoms with E-state index < -0.39 is 17.9 Å². The zero-order valence-electron chi connectivity index (χ0n) is 14.7. The fourth-order valence-corrected chi connectivity index (χ4v) is 3.14. The molecular formula is C19H26N2O4. The average molecular weight is 346 g/mol. The molecule has 1 aliphatic rings. The third kappa shape index (κ3) is 4.90. The fraction of sp³-hybridized carbons (Fsp3) is 0.474. The van der Waals surface area contributed by atoms with Crippen molar-refractivity contribution < 1.29 is 19.9 Å². The van der Waals surface area contributed by atoms with Crippen LogP contribution in [0.3, 0.4) is 0 Å². The molecular weight excluding hydrogens is 320 g/mol. The van der Waals surface area contributed by atoms with Crippen molar-refractivity contribution in [1.29, 1.82) is 0 Å². The third-order valence-corrected chi connectivity index (χ3v) is 4.47. The summed E-state index contributed by atoms with van der Waals surface area (Å²) in [5.41, 5.74) is 3.77. The maximum absolute atomic E-state index is 12.8. The zero-order chi connectivity index (χ0) is 18.4. The van der Waals surface area contributed by atoms with E-state index >= 15 is 0 Å². The first-order valence-corrected chi connectivity index (χ1v) is 8.59. The maximum atomic E-state index is 12.8. The third-order valence-electron chi connectivity index (χ3n) is 4.47. The smallest absolute Gasteiger partial charge is 0.272 e. The van der Waals surface area contributed by atoms with Crippen LogP contribution in [0.1, 0.15) is 32.3 Å². The molecule has 0 saturated carbocycles. The second kappa shape index (κ2) is 8.78. The number of nitrogens with zero attached hydrogens (tertiary/aromatic N) is 1. The number of benzene rings is 1. The second-order valence-electron chi connectivity index (χ2n) is 6.79. The lowest BCUT2D eigenvalue weighted by atomic mass is 9.89. The van der Waals surface area contributed by atoms with E-state index in [-0.39, 0.29) is 11.8 Å². The number of carbonyl (C=O) groups excluding carboxylic acids is 2. The average Bonchev–Trinajstić information content (AvgIpc) is 2.65. The summed E-state index contributed by atoms with van der Waals surface area (Å²) >= 11 is 0. The summed E-state index contributed by atoms with van der Waals surface area (Å²) in [5, 5.41) is 18.9. The van der Waals surface area contributed by atoms with Crippen LogP contribution in [0.15, 0.2) is 36.4 Å². The molecule has 0 aliphatic carbocycles. The van der Waals surface area contributed by atoms with E-state index in [0.29, 0.717) is 19.5 Å². The molecule has 0 bridgehead atoms. The van der Waals surface area contributed by atoms with Gasteiger partial charge in [-0.25, -0.2) is 5.48 Å². The molecule has 6 nitrogen and oxygen atoms in total. The van der Waals surface area contributed by atoms with Crippen molar-refractivity contribution in [2.75, 3.05) is 13.1 Å². The quantitative estimate of drug-likeness (QED) is 0.541. The van der Waals surface area contributed by atoms with Gasteiger partial charge < -0.3 is 10.0 Å². The van der Waals surface area contributed by atoms with Crippen molar-refractivity contribution in [3.8, 4) is 0 Å². The first-order valence-electron chi connectivity index (χ1n) is 8.59. The van der Waals surface area contributed by atoms with Gasteiger partial charge in [0.1, 0.15) is 6.10 Å². The normalized spacial score (nSPS) is 17.0. The molecule has 0 aromatic heterocycles. The van der Waals surface area contributed by atoms with Gasteiger partial charge in [-0.3, -0.25) is 14.8 Å². The highest BCUT2D eigenvalue weighted by Crippen LogP contribution is 2.25. The van der Waals surface area contributed by atoms with Crippen LogP contribution in [-0.4, -0.2) is 46.2 Å². The highest BCUT2D eigenvalue weighted by molar-refractivity contribution is 5.89. The molecule has 2 atom stereocenters. The Morgan fingerprint density at radius 2 is 1.92 bits per heavy atom. The van der Waals surface area contributed by atoms with E-state index in [1.54, 1.807) is 4.90 Å². The summed E-state index contributed by atoms with van der Waals surface area (Å²) < 4.78 is 0. The number of rotatable bonds is 6. The zero-order valence-corrected chi connectivity index (χ0v) is 14.7. The number of hydrogen-bond donors (Lipinski definition) is 3. The largest absolute Gasteiger partial charge is 0.382 e. The van der Waals surface area contributed by atoms with E-state index in [2.05, 4.69) is 0 Å². The van der Waals surface area contributed by atoms with Gasteiger partial charge >= 0.3 is 0 Å². The Balaban J connectivity index is 2.10. The van der Waals surface area contributed by atoms with Crippen LogP contribution < -0.4 is 5.48 Å². The molecule has 1 aromatic rings. The molecule has 3 N–H and O–H groups in total. The number of nitrogens with one attached hydrogen (secondary N) is 1. The molecule has 2 amide bonds. The van der Waals surface area contributed by atoms with Gasteiger partial charge in [-0.15, -0.1) is 0 Å². The standard InChI is InChI=1S/C19H26N2O4/c1-13(2)12-16(17(22)18(23)20-25)19(24)21-10-8-15(9-11-21)14-6-4-3-5-7-14/h3-8,13,16-17,22,25H,9-12H2,1-2H3,(H,20,23). The molecule has 0 spiro atoms. The van der Waals surface area contributed by atoms with E-state index in [1.807, 2.05) is 50.3 Å². The van der Waals surface area contributed by atoms with Crippen LogP contribution in [0.2, 0.25) is 0 Å². The van der Waals surface area contributed by atoms with Crippen LogP contribution in [0.5, 0.6) is 0 Å². The van der Waals surface area contributed by atoms with E-state index in [1.165, 1.54) is 11.1 Å². The van der Waals surface area contributed by atoms with Crippen LogP contribution in [0.4, 0.5) is 0 Å². The van der Waals surface area contributed by atoms with Crippen molar-refractivity contribution in [3.63, 3.8) is 0 Å². The molecule has 2 rings (SSSR count). The van der Waals surface area contributed by atoms with Gasteiger partial charge in [0, 0.05) is 13.1 Å². The Kier molecular flexibility index (Phi) is 6.73. The van der Waals surface area contributed by atoms with E-state index in [9.17, 15) is 14.7 Å². The van der Waals surface area contributed by atoms with Crippen LogP contribution in [0.25, 0.3) is 5.57 Å². The molecule has 0 radical (unpaired) electrons. The number of carbonyl (C=O) groups is 2. The first-order chi connectivity index (χ1) is 11.9. The van der Waals surface area contributed by atoms with Gasteiger partial charge in [-0.05, 0) is 29.9 Å². The SMILES string of the molecule is CC(C)CC(C(=O)N1CC=C(c2ccccc2)CC1)C(O)C(=O)NO. The number of aliphatic hydroxyl groups is 1. The Hall–Kier alpha value is -2.18. The predicted octanol–water partition coefficient (Wildman–Crippen LogP) is 1.83. The summed E-state index contributed by atoms with van der Waals surface area (Å²) in [6.07, 6.45) is 1.56. The summed E-state index contributed by atoms with van der Waals surface area (Å²) in [4.78, 5) is 26.0. The summed E-state index contributed by atoms with van der Waals surface area (Å²) in [7, 11) is 0. The van der Waals surface area contributed by atoms with E-state index in [0.717, 1.165) is 12.0 Å². The highest BCUT2D eigenvalue weighted by atomic mass is 16.5. The molecule has 0 saturated heterocycles. The number of hydrogen-bond acceptors (Lipinski definition) is 4. The lowest BCUT2D eigenvalue weighted by Crippen LogP contribution is -2.48. The Labute approximate surface area is 148 Å². The minimum Gasteiger partial charge on any atom is -0.382 e. The molecule has 2 unspecified atom stereocenters. The van der Waals surface area contributed by atoms with Gasteiger partial charge in [0.2, 0.25) is 5.91 Å². The van der Waals surface area contributed by atoms with Crippen molar-refractivity contribution in [2.24, 2.45) is 11.8 Å². The lowest BCUT2D eigenvalue weighted by molar-refractivity contribution is -0.150. The fourth-order valence-electron chi connectivity index (χ4n) is 3.14. The minimum absolute atomic E-state index is 0.135. The Bertz CT molecular complexity index is 628. The van der Waals surface area contributed by atoms with Crippen LogP contribution in [-0.2, 0) is 9.59 Å².